The molecule has 0 fully saturated rings. The van der Waals surface area contributed by atoms with E-state index < -0.39 is 11.6 Å². The first-order chi connectivity index (χ1) is 6.05. The van der Waals surface area contributed by atoms with Gasteiger partial charge in [-0.2, -0.15) is 10.4 Å². The summed E-state index contributed by atoms with van der Waals surface area (Å²) in [7, 11) is 0. The lowest BCUT2D eigenvalue weighted by atomic mass is 10.2. The first-order valence-electron chi connectivity index (χ1n) is 3.69. The molecule has 0 unspecified atom stereocenters. The first-order valence-corrected chi connectivity index (χ1v) is 3.69. The lowest BCUT2D eigenvalue weighted by Gasteiger charge is -2.15. The number of hydrogen-bond donors (Lipinski definition) is 1. The molecule has 1 N–H and O–H groups in total. The van der Waals surface area contributed by atoms with Crippen molar-refractivity contribution in [1.29, 1.82) is 5.26 Å². The summed E-state index contributed by atoms with van der Waals surface area (Å²) in [4.78, 5) is 11.2. The van der Waals surface area contributed by atoms with Crippen LogP contribution in [0.25, 0.3) is 0 Å². The minimum absolute atomic E-state index is 0.239. The summed E-state index contributed by atoms with van der Waals surface area (Å²) in [5, 5.41) is 14.6. The maximum atomic E-state index is 11.2. The summed E-state index contributed by atoms with van der Waals surface area (Å²) in [6.07, 6.45) is 1.44. The van der Waals surface area contributed by atoms with Gasteiger partial charge in [0.05, 0.1) is 0 Å². The number of carbonyl (C=O) groups is 1. The molecule has 0 bridgehead atoms. The summed E-state index contributed by atoms with van der Waals surface area (Å²) < 4.78 is 4.86. The maximum absolute atomic E-state index is 11.2. The molecule has 0 aromatic carbocycles. The van der Waals surface area contributed by atoms with E-state index in [1.165, 1.54) is 26.1 Å². The Morgan fingerprint density at radius 3 is 2.92 bits per heavy atom. The summed E-state index contributed by atoms with van der Waals surface area (Å²) in [5.74, 6) is -0.580. The van der Waals surface area contributed by atoms with Crippen LogP contribution in [0.1, 0.15) is 24.3 Å². The second-order valence-corrected chi connectivity index (χ2v) is 2.98. The standard InChI is InChI=1S/C8H9N3O2/c1-8(2,5-9)13-7(12)6-3-4-10-11-6/h3-4H,1-2H3,(H,10,11). The van der Waals surface area contributed by atoms with Gasteiger partial charge < -0.3 is 4.74 Å². The minimum Gasteiger partial charge on any atom is -0.440 e. The third-order valence-electron chi connectivity index (χ3n) is 1.34. The number of nitriles is 1. The second-order valence-electron chi connectivity index (χ2n) is 2.98. The number of nitrogens with one attached hydrogen (secondary N) is 1. The molecule has 0 aliphatic heterocycles. The number of aromatic nitrogens is 2. The van der Waals surface area contributed by atoms with E-state index in [0.717, 1.165) is 0 Å². The number of H-pyrrole nitrogens is 1. The average molecular weight is 179 g/mol. The van der Waals surface area contributed by atoms with Gasteiger partial charge in [0, 0.05) is 6.20 Å². The van der Waals surface area contributed by atoms with E-state index in [0.29, 0.717) is 0 Å². The SMILES string of the molecule is CC(C)(C#N)OC(=O)c1ccn[nH]1. The van der Waals surface area contributed by atoms with Crippen molar-refractivity contribution in [2.24, 2.45) is 0 Å². The predicted molar refractivity (Wildman–Crippen MR) is 43.7 cm³/mol. The molecule has 1 rings (SSSR count). The van der Waals surface area contributed by atoms with Gasteiger partial charge in [0.1, 0.15) is 11.8 Å². The van der Waals surface area contributed by atoms with Gasteiger partial charge in [0.15, 0.2) is 5.60 Å². The van der Waals surface area contributed by atoms with Gasteiger partial charge in [-0.1, -0.05) is 0 Å². The molecule has 0 aliphatic carbocycles. The largest absolute Gasteiger partial charge is 0.440 e. The van der Waals surface area contributed by atoms with Crippen molar-refractivity contribution in [3.63, 3.8) is 0 Å². The van der Waals surface area contributed by atoms with Gasteiger partial charge in [-0.3, -0.25) is 5.10 Å². The molecule has 1 aromatic rings. The number of carbonyl (C=O) groups excluding carboxylic acids is 1. The molecule has 0 atom stereocenters. The van der Waals surface area contributed by atoms with E-state index in [9.17, 15) is 4.79 Å². The van der Waals surface area contributed by atoms with E-state index in [-0.39, 0.29) is 5.69 Å². The van der Waals surface area contributed by atoms with E-state index in [4.69, 9.17) is 10.00 Å². The molecule has 13 heavy (non-hydrogen) atoms. The van der Waals surface area contributed by atoms with E-state index in [1.807, 2.05) is 6.07 Å². The number of nitrogens with zero attached hydrogens (tertiary/aromatic N) is 2. The smallest absolute Gasteiger partial charge is 0.357 e. The van der Waals surface area contributed by atoms with Gasteiger partial charge in [-0.15, -0.1) is 0 Å². The first kappa shape index (κ1) is 9.26. The van der Waals surface area contributed by atoms with Crippen LogP contribution in [0.5, 0.6) is 0 Å². The predicted octanol–water partition coefficient (Wildman–Crippen LogP) is 0.869. The molecule has 0 radical (unpaired) electrons. The zero-order valence-electron chi connectivity index (χ0n) is 7.37. The summed E-state index contributed by atoms with van der Waals surface area (Å²) in [5.41, 5.74) is -0.870. The highest BCUT2D eigenvalue weighted by Crippen LogP contribution is 2.09. The molecular weight excluding hydrogens is 170 g/mol. The molecule has 0 aliphatic rings. The van der Waals surface area contributed by atoms with Gasteiger partial charge in [-0.25, -0.2) is 4.79 Å². The summed E-state index contributed by atoms with van der Waals surface area (Å²) in [6, 6.07) is 3.34. The van der Waals surface area contributed by atoms with E-state index in [1.54, 1.807) is 0 Å². The molecule has 5 nitrogen and oxygen atoms in total. The molecule has 68 valence electrons. The number of rotatable bonds is 2. The zero-order chi connectivity index (χ0) is 9.90. The molecule has 0 saturated carbocycles. The van der Waals surface area contributed by atoms with Crippen molar-refractivity contribution in [3.8, 4) is 6.07 Å². The fourth-order valence-electron chi connectivity index (χ4n) is 0.679. The van der Waals surface area contributed by atoms with Gasteiger partial charge in [0.2, 0.25) is 0 Å². The topological polar surface area (TPSA) is 78.8 Å². The Kier molecular flexibility index (Phi) is 2.33. The maximum Gasteiger partial charge on any atom is 0.357 e. The normalized spacial score (nSPS) is 10.5. The van der Waals surface area contributed by atoms with Gasteiger partial charge in [0.25, 0.3) is 0 Å². The Labute approximate surface area is 75.3 Å². The van der Waals surface area contributed by atoms with Crippen LogP contribution < -0.4 is 0 Å². The van der Waals surface area contributed by atoms with Crippen LogP contribution in [-0.2, 0) is 4.74 Å². The van der Waals surface area contributed by atoms with Crippen LogP contribution in [0, 0.1) is 11.3 Å². The average Bonchev–Trinajstić information content (AvgIpc) is 2.55. The quantitative estimate of drug-likeness (QED) is 0.683. The lowest BCUT2D eigenvalue weighted by molar-refractivity contribution is 0.0191. The molecule has 0 spiro atoms. The van der Waals surface area contributed by atoms with Crippen molar-refractivity contribution in [3.05, 3.63) is 18.0 Å². The molecular formula is C8H9N3O2. The monoisotopic (exact) mass is 179 g/mol. The molecule has 1 heterocycles. The zero-order valence-corrected chi connectivity index (χ0v) is 7.37. The number of aromatic amines is 1. The number of esters is 1. The number of ether oxygens (including phenoxy) is 1. The van der Waals surface area contributed by atoms with Crippen LogP contribution in [0.2, 0.25) is 0 Å². The fourth-order valence-corrected chi connectivity index (χ4v) is 0.679. The van der Waals surface area contributed by atoms with Gasteiger partial charge >= 0.3 is 5.97 Å². The van der Waals surface area contributed by atoms with Crippen molar-refractivity contribution >= 4 is 5.97 Å². The Morgan fingerprint density at radius 1 is 1.77 bits per heavy atom. The molecule has 0 saturated heterocycles. The summed E-state index contributed by atoms with van der Waals surface area (Å²) in [6.45, 7) is 3.03. The van der Waals surface area contributed by atoms with Crippen molar-refractivity contribution in [1.82, 2.24) is 10.2 Å². The van der Waals surface area contributed by atoms with Crippen LogP contribution >= 0.6 is 0 Å². The summed E-state index contributed by atoms with van der Waals surface area (Å²) >= 11 is 0. The van der Waals surface area contributed by atoms with Gasteiger partial charge in [-0.05, 0) is 19.9 Å². The minimum atomic E-state index is -1.11. The van der Waals surface area contributed by atoms with Crippen molar-refractivity contribution < 1.29 is 9.53 Å². The molecule has 0 amide bonds. The Bertz CT molecular complexity index is 335. The van der Waals surface area contributed by atoms with Crippen LogP contribution in [0.4, 0.5) is 0 Å². The van der Waals surface area contributed by atoms with E-state index >= 15 is 0 Å². The number of hydrogen-bond acceptors (Lipinski definition) is 4. The molecule has 1 aromatic heterocycles. The van der Waals surface area contributed by atoms with E-state index in [2.05, 4.69) is 10.2 Å². The Hall–Kier alpha value is -1.83. The third kappa shape index (κ3) is 2.30. The second kappa shape index (κ2) is 3.27. The highest BCUT2D eigenvalue weighted by Gasteiger charge is 2.23. The fraction of sp³-hybridized carbons (Fsp3) is 0.375. The van der Waals surface area contributed by atoms with Crippen molar-refractivity contribution in [2.45, 2.75) is 19.4 Å². The van der Waals surface area contributed by atoms with Crippen LogP contribution in [0.3, 0.4) is 0 Å². The van der Waals surface area contributed by atoms with Crippen LogP contribution in [-0.4, -0.2) is 21.8 Å². The Morgan fingerprint density at radius 2 is 2.46 bits per heavy atom. The highest BCUT2D eigenvalue weighted by molar-refractivity contribution is 5.87. The van der Waals surface area contributed by atoms with Crippen molar-refractivity contribution in [2.75, 3.05) is 0 Å². The van der Waals surface area contributed by atoms with Crippen LogP contribution in [0.15, 0.2) is 12.3 Å². The Balaban J connectivity index is 2.68. The molecule has 5 heteroatoms. The third-order valence-corrected chi connectivity index (χ3v) is 1.34. The lowest BCUT2D eigenvalue weighted by Crippen LogP contribution is -2.26. The highest BCUT2D eigenvalue weighted by atomic mass is 16.6.